The molecule has 1 aliphatic heterocycles. The molecule has 1 fully saturated rings. The average molecular weight is 382 g/mol. The summed E-state index contributed by atoms with van der Waals surface area (Å²) in [6.07, 6.45) is 7.35. The first-order valence-corrected chi connectivity index (χ1v) is 10.2. The van der Waals surface area contributed by atoms with Gasteiger partial charge in [0, 0.05) is 31.2 Å². The zero-order valence-corrected chi connectivity index (χ0v) is 16.2. The Morgan fingerprint density at radius 1 is 1.04 bits per heavy atom. The highest BCUT2D eigenvalue weighted by molar-refractivity contribution is 7.98. The van der Waals surface area contributed by atoms with Gasteiger partial charge in [-0.25, -0.2) is 0 Å². The van der Waals surface area contributed by atoms with Crippen LogP contribution < -0.4 is 9.64 Å². The fraction of sp³-hybridized carbons (Fsp3) is 0.350. The topological polar surface area (TPSA) is 56.1 Å². The number of benzene rings is 1. The minimum absolute atomic E-state index is 0.793. The summed E-state index contributed by atoms with van der Waals surface area (Å²) in [4.78, 5) is 6.53. The van der Waals surface area contributed by atoms with Crippen molar-refractivity contribution in [1.29, 1.82) is 0 Å². The van der Waals surface area contributed by atoms with E-state index in [1.165, 1.54) is 19.3 Å². The van der Waals surface area contributed by atoms with Crippen LogP contribution in [0.2, 0.25) is 0 Å². The largest absolute Gasteiger partial charge is 0.495 e. The van der Waals surface area contributed by atoms with Crippen LogP contribution in [-0.2, 0) is 5.75 Å². The van der Waals surface area contributed by atoms with Crippen molar-refractivity contribution in [3.63, 3.8) is 0 Å². The number of rotatable bonds is 6. The normalized spacial score (nSPS) is 14.3. The van der Waals surface area contributed by atoms with Gasteiger partial charge in [0.15, 0.2) is 5.16 Å². The Bertz CT molecular complexity index is 877. The van der Waals surface area contributed by atoms with Gasteiger partial charge in [0.1, 0.15) is 5.75 Å². The molecule has 0 N–H and O–H groups in total. The van der Waals surface area contributed by atoms with Gasteiger partial charge in [-0.2, -0.15) is 0 Å². The second kappa shape index (κ2) is 8.43. The third-order valence-corrected chi connectivity index (χ3v) is 5.67. The van der Waals surface area contributed by atoms with Crippen molar-refractivity contribution in [3.05, 3.63) is 54.4 Å². The molecule has 3 aromatic rings. The SMILES string of the molecule is COc1ccccc1-n1c(SCc2cccnc2)nnc1N1CCCCC1. The van der Waals surface area contributed by atoms with Crippen molar-refractivity contribution in [2.24, 2.45) is 0 Å². The van der Waals surface area contributed by atoms with Crippen LogP contribution in [-0.4, -0.2) is 39.9 Å². The van der Waals surface area contributed by atoms with Crippen molar-refractivity contribution in [2.45, 2.75) is 30.2 Å². The van der Waals surface area contributed by atoms with Crippen LogP contribution in [0.15, 0.2) is 53.9 Å². The molecule has 2 aromatic heterocycles. The monoisotopic (exact) mass is 381 g/mol. The summed E-state index contributed by atoms with van der Waals surface area (Å²) in [6, 6.07) is 12.1. The molecular formula is C20H23N5OS. The summed E-state index contributed by atoms with van der Waals surface area (Å²) in [5.41, 5.74) is 2.14. The molecule has 0 bridgehead atoms. The van der Waals surface area contributed by atoms with Crippen molar-refractivity contribution in [3.8, 4) is 11.4 Å². The Balaban J connectivity index is 1.71. The quantitative estimate of drug-likeness (QED) is 0.603. The number of ether oxygens (including phenoxy) is 1. The maximum atomic E-state index is 5.62. The van der Waals surface area contributed by atoms with E-state index in [0.29, 0.717) is 0 Å². The predicted octanol–water partition coefficient (Wildman–Crippen LogP) is 3.95. The molecule has 140 valence electrons. The first-order valence-electron chi connectivity index (χ1n) is 9.22. The van der Waals surface area contributed by atoms with Gasteiger partial charge in [-0.15, -0.1) is 10.2 Å². The summed E-state index contributed by atoms with van der Waals surface area (Å²) >= 11 is 1.67. The standard InChI is InChI=1S/C20H23N5OS/c1-26-18-10-4-3-9-17(18)25-19(24-12-5-2-6-13-24)22-23-20(25)27-15-16-8-7-11-21-14-16/h3-4,7-11,14H,2,5-6,12-13,15H2,1H3. The average Bonchev–Trinajstić information content (AvgIpc) is 3.17. The van der Waals surface area contributed by atoms with Crippen molar-refractivity contribution >= 4 is 17.7 Å². The van der Waals surface area contributed by atoms with Gasteiger partial charge in [-0.05, 0) is 43.0 Å². The summed E-state index contributed by atoms with van der Waals surface area (Å²) in [5.74, 6) is 2.51. The fourth-order valence-electron chi connectivity index (χ4n) is 3.31. The molecule has 6 nitrogen and oxygen atoms in total. The number of aromatic nitrogens is 4. The van der Waals surface area contributed by atoms with Crippen LogP contribution in [0.3, 0.4) is 0 Å². The number of hydrogen-bond donors (Lipinski definition) is 0. The third-order valence-electron chi connectivity index (χ3n) is 4.67. The van der Waals surface area contributed by atoms with Crippen LogP contribution >= 0.6 is 11.8 Å². The first-order chi connectivity index (χ1) is 13.4. The number of pyridine rings is 1. The predicted molar refractivity (Wildman–Crippen MR) is 108 cm³/mol. The summed E-state index contributed by atoms with van der Waals surface area (Å²) < 4.78 is 7.75. The molecule has 0 unspecified atom stereocenters. The van der Waals surface area contributed by atoms with E-state index in [1.54, 1.807) is 25.1 Å². The zero-order chi connectivity index (χ0) is 18.5. The van der Waals surface area contributed by atoms with E-state index < -0.39 is 0 Å². The molecule has 27 heavy (non-hydrogen) atoms. The maximum absolute atomic E-state index is 5.62. The molecule has 3 heterocycles. The molecule has 0 radical (unpaired) electrons. The number of methoxy groups -OCH3 is 1. The maximum Gasteiger partial charge on any atom is 0.232 e. The summed E-state index contributed by atoms with van der Waals surface area (Å²) in [6.45, 7) is 2.03. The van der Waals surface area contributed by atoms with Gasteiger partial charge >= 0.3 is 0 Å². The Morgan fingerprint density at radius 2 is 1.89 bits per heavy atom. The van der Waals surface area contributed by atoms with Gasteiger partial charge in [-0.3, -0.25) is 9.55 Å². The van der Waals surface area contributed by atoms with Crippen LogP contribution in [0.5, 0.6) is 5.75 Å². The molecule has 0 amide bonds. The Kier molecular flexibility index (Phi) is 5.58. The zero-order valence-electron chi connectivity index (χ0n) is 15.4. The van der Waals surface area contributed by atoms with Gasteiger partial charge in [0.25, 0.3) is 0 Å². The van der Waals surface area contributed by atoms with Crippen molar-refractivity contribution in [1.82, 2.24) is 19.7 Å². The minimum atomic E-state index is 0.793. The van der Waals surface area contributed by atoms with Crippen LogP contribution in [0.25, 0.3) is 5.69 Å². The van der Waals surface area contributed by atoms with Gasteiger partial charge in [-0.1, -0.05) is 30.0 Å². The van der Waals surface area contributed by atoms with Crippen LogP contribution in [0.4, 0.5) is 5.95 Å². The number of para-hydroxylation sites is 2. The molecule has 1 aliphatic rings. The van der Waals surface area contributed by atoms with E-state index in [9.17, 15) is 0 Å². The van der Waals surface area contributed by atoms with E-state index in [2.05, 4.69) is 36.8 Å². The fourth-order valence-corrected chi connectivity index (χ4v) is 4.19. The molecule has 0 aliphatic carbocycles. The lowest BCUT2D eigenvalue weighted by atomic mass is 10.1. The third kappa shape index (κ3) is 3.93. The molecular weight excluding hydrogens is 358 g/mol. The van der Waals surface area contributed by atoms with Gasteiger partial charge < -0.3 is 9.64 Å². The molecule has 1 aromatic carbocycles. The van der Waals surface area contributed by atoms with Gasteiger partial charge in [0.2, 0.25) is 5.95 Å². The van der Waals surface area contributed by atoms with Crippen LogP contribution in [0, 0.1) is 0 Å². The Morgan fingerprint density at radius 3 is 2.67 bits per heavy atom. The first kappa shape index (κ1) is 17.9. The lowest BCUT2D eigenvalue weighted by Gasteiger charge is -2.28. The Hall–Kier alpha value is -2.54. The minimum Gasteiger partial charge on any atom is -0.495 e. The molecule has 7 heteroatoms. The summed E-state index contributed by atoms with van der Waals surface area (Å²) in [7, 11) is 1.70. The van der Waals surface area contributed by atoms with Crippen LogP contribution in [0.1, 0.15) is 24.8 Å². The molecule has 4 rings (SSSR count). The second-order valence-electron chi connectivity index (χ2n) is 6.49. The van der Waals surface area contributed by atoms with E-state index in [0.717, 1.165) is 46.9 Å². The number of hydrogen-bond acceptors (Lipinski definition) is 6. The summed E-state index contributed by atoms with van der Waals surface area (Å²) in [5, 5.41) is 9.93. The molecule has 0 atom stereocenters. The lowest BCUT2D eigenvalue weighted by Crippen LogP contribution is -2.31. The van der Waals surface area contributed by atoms with Crippen molar-refractivity contribution < 1.29 is 4.74 Å². The smallest absolute Gasteiger partial charge is 0.232 e. The second-order valence-corrected chi connectivity index (χ2v) is 7.43. The number of anilines is 1. The van der Waals surface area contributed by atoms with Crippen molar-refractivity contribution in [2.75, 3.05) is 25.1 Å². The highest BCUT2D eigenvalue weighted by atomic mass is 32.2. The Labute approximate surface area is 163 Å². The lowest BCUT2D eigenvalue weighted by molar-refractivity contribution is 0.412. The molecule has 1 saturated heterocycles. The van der Waals surface area contributed by atoms with E-state index in [1.807, 2.05) is 30.5 Å². The molecule has 0 saturated carbocycles. The van der Waals surface area contributed by atoms with E-state index >= 15 is 0 Å². The van der Waals surface area contributed by atoms with E-state index in [-0.39, 0.29) is 0 Å². The molecule has 0 spiro atoms. The highest BCUT2D eigenvalue weighted by Gasteiger charge is 2.23. The number of piperidine rings is 1. The number of thioether (sulfide) groups is 1. The highest BCUT2D eigenvalue weighted by Crippen LogP contribution is 2.33. The van der Waals surface area contributed by atoms with E-state index in [4.69, 9.17) is 4.74 Å². The van der Waals surface area contributed by atoms with Gasteiger partial charge in [0.05, 0.1) is 12.8 Å². The number of nitrogens with zero attached hydrogens (tertiary/aromatic N) is 5.